The molecule has 2 rings (SSSR count). The van der Waals surface area contributed by atoms with Crippen molar-refractivity contribution in [3.63, 3.8) is 0 Å². The van der Waals surface area contributed by atoms with Crippen LogP contribution in [0, 0.1) is 11.3 Å². The Kier molecular flexibility index (Phi) is 5.34. The minimum Gasteiger partial charge on any atom is -0.325 e. The number of amides is 1. The first-order chi connectivity index (χ1) is 11.4. The quantitative estimate of drug-likeness (QED) is 0.863. The molecular weight excluding hydrogens is 326 g/mol. The molecule has 0 saturated carbocycles. The van der Waals surface area contributed by atoms with E-state index in [0.717, 1.165) is 0 Å². The van der Waals surface area contributed by atoms with Gasteiger partial charge in [0.2, 0.25) is 15.7 Å². The number of nitrogens with one attached hydrogen (secondary N) is 1. The first kappa shape index (κ1) is 17.7. The van der Waals surface area contributed by atoms with E-state index in [1.165, 1.54) is 36.4 Å². The number of sulfone groups is 1. The Morgan fingerprint density at radius 3 is 2.46 bits per heavy atom. The van der Waals surface area contributed by atoms with Gasteiger partial charge in [0.15, 0.2) is 0 Å². The van der Waals surface area contributed by atoms with Gasteiger partial charge >= 0.3 is 0 Å². The first-order valence-corrected chi connectivity index (χ1v) is 8.78. The van der Waals surface area contributed by atoms with Crippen LogP contribution in [-0.2, 0) is 14.6 Å². The Hall–Kier alpha value is -2.69. The van der Waals surface area contributed by atoms with Gasteiger partial charge in [0.05, 0.1) is 27.5 Å². The lowest BCUT2D eigenvalue weighted by Gasteiger charge is -2.11. The van der Waals surface area contributed by atoms with Crippen molar-refractivity contribution < 1.29 is 13.2 Å². The van der Waals surface area contributed by atoms with E-state index in [4.69, 9.17) is 11.0 Å². The van der Waals surface area contributed by atoms with Gasteiger partial charge in [-0.05, 0) is 48.9 Å². The fourth-order valence-corrected chi connectivity index (χ4v) is 3.31. The standard InChI is InChI=1S/C17H17N3O3S/c1-2-16(19)17(21)20-13-4-3-5-15(10-13)24(22,23)14-8-6-12(11-18)7-9-14/h3-10,16H,2,19H2,1H3,(H,20,21). The highest BCUT2D eigenvalue weighted by atomic mass is 32.2. The number of anilines is 1. The third-order valence-corrected chi connectivity index (χ3v) is 5.25. The van der Waals surface area contributed by atoms with Gasteiger partial charge in [-0.25, -0.2) is 8.42 Å². The molecule has 0 aliphatic carbocycles. The van der Waals surface area contributed by atoms with Gasteiger partial charge in [-0.1, -0.05) is 13.0 Å². The minimum absolute atomic E-state index is 0.0510. The van der Waals surface area contributed by atoms with Crippen LogP contribution in [-0.4, -0.2) is 20.4 Å². The van der Waals surface area contributed by atoms with Gasteiger partial charge in [-0.2, -0.15) is 5.26 Å². The molecule has 0 radical (unpaired) electrons. The third-order valence-electron chi connectivity index (χ3n) is 3.48. The third kappa shape index (κ3) is 3.79. The monoisotopic (exact) mass is 343 g/mol. The number of nitrogens with zero attached hydrogens (tertiary/aromatic N) is 1. The highest BCUT2D eigenvalue weighted by Gasteiger charge is 2.19. The molecule has 2 aromatic rings. The summed E-state index contributed by atoms with van der Waals surface area (Å²) in [6, 6.07) is 12.9. The van der Waals surface area contributed by atoms with Crippen LogP contribution >= 0.6 is 0 Å². The molecule has 0 bridgehead atoms. The van der Waals surface area contributed by atoms with Gasteiger partial charge in [0.25, 0.3) is 0 Å². The van der Waals surface area contributed by atoms with Gasteiger partial charge in [0.1, 0.15) is 0 Å². The summed E-state index contributed by atoms with van der Waals surface area (Å²) in [5.41, 5.74) is 6.39. The predicted octanol–water partition coefficient (Wildman–Crippen LogP) is 2.07. The summed E-state index contributed by atoms with van der Waals surface area (Å²) in [5.74, 6) is -0.370. The van der Waals surface area contributed by atoms with Crippen molar-refractivity contribution >= 4 is 21.4 Å². The van der Waals surface area contributed by atoms with Crippen molar-refractivity contribution in [3.05, 3.63) is 54.1 Å². The number of hydrogen-bond donors (Lipinski definition) is 2. The highest BCUT2D eigenvalue weighted by molar-refractivity contribution is 7.91. The first-order valence-electron chi connectivity index (χ1n) is 7.30. The summed E-state index contributed by atoms with van der Waals surface area (Å²) in [6.45, 7) is 1.79. The Balaban J connectivity index is 2.32. The zero-order valence-electron chi connectivity index (χ0n) is 13.1. The van der Waals surface area contributed by atoms with Crippen molar-refractivity contribution in [2.24, 2.45) is 5.73 Å². The van der Waals surface area contributed by atoms with E-state index in [1.807, 2.05) is 6.07 Å². The molecule has 6 nitrogen and oxygen atoms in total. The SMILES string of the molecule is CCC(N)C(=O)Nc1cccc(S(=O)(=O)c2ccc(C#N)cc2)c1. The molecule has 1 unspecified atom stereocenters. The number of hydrogen-bond acceptors (Lipinski definition) is 5. The summed E-state index contributed by atoms with van der Waals surface area (Å²) >= 11 is 0. The van der Waals surface area contributed by atoms with Crippen LogP contribution in [0.4, 0.5) is 5.69 Å². The highest BCUT2D eigenvalue weighted by Crippen LogP contribution is 2.23. The Labute approximate surface area is 140 Å². The number of benzene rings is 2. The Morgan fingerprint density at radius 1 is 1.21 bits per heavy atom. The van der Waals surface area contributed by atoms with Crippen LogP contribution in [0.2, 0.25) is 0 Å². The number of nitrogens with two attached hydrogens (primary N) is 1. The average molecular weight is 343 g/mol. The molecule has 1 amide bonds. The van der Waals surface area contributed by atoms with Crippen LogP contribution in [0.15, 0.2) is 58.3 Å². The zero-order valence-corrected chi connectivity index (χ0v) is 13.9. The zero-order chi connectivity index (χ0) is 17.7. The number of nitriles is 1. The molecule has 0 aromatic heterocycles. The molecule has 0 fully saturated rings. The molecule has 1 atom stereocenters. The van der Waals surface area contributed by atoms with E-state index in [0.29, 0.717) is 17.7 Å². The summed E-state index contributed by atoms with van der Waals surface area (Å²) in [6.07, 6.45) is 0.481. The summed E-state index contributed by atoms with van der Waals surface area (Å²) in [7, 11) is -3.74. The molecule has 0 spiro atoms. The van der Waals surface area contributed by atoms with Crippen molar-refractivity contribution in [3.8, 4) is 6.07 Å². The smallest absolute Gasteiger partial charge is 0.241 e. The van der Waals surface area contributed by atoms with E-state index in [2.05, 4.69) is 5.32 Å². The van der Waals surface area contributed by atoms with Gasteiger partial charge in [-0.15, -0.1) is 0 Å². The fraction of sp³-hybridized carbons (Fsp3) is 0.176. The lowest BCUT2D eigenvalue weighted by Crippen LogP contribution is -2.34. The van der Waals surface area contributed by atoms with Gasteiger partial charge in [-0.3, -0.25) is 4.79 Å². The maximum atomic E-state index is 12.6. The van der Waals surface area contributed by atoms with Crippen molar-refractivity contribution in [2.45, 2.75) is 29.2 Å². The molecular formula is C17H17N3O3S. The van der Waals surface area contributed by atoms with Crippen LogP contribution in [0.5, 0.6) is 0 Å². The molecule has 24 heavy (non-hydrogen) atoms. The summed E-state index contributed by atoms with van der Waals surface area (Å²) < 4.78 is 25.3. The molecule has 2 aromatic carbocycles. The van der Waals surface area contributed by atoms with Gasteiger partial charge in [0, 0.05) is 5.69 Å². The molecule has 7 heteroatoms. The lowest BCUT2D eigenvalue weighted by molar-refractivity contribution is -0.117. The fourth-order valence-electron chi connectivity index (χ4n) is 2.01. The molecule has 0 aliphatic rings. The minimum atomic E-state index is -3.74. The van der Waals surface area contributed by atoms with E-state index in [1.54, 1.807) is 19.1 Å². The Bertz CT molecular complexity index is 884. The second-order valence-electron chi connectivity index (χ2n) is 5.17. The second kappa shape index (κ2) is 7.25. The second-order valence-corrected chi connectivity index (χ2v) is 7.12. The van der Waals surface area contributed by atoms with Crippen molar-refractivity contribution in [1.29, 1.82) is 5.26 Å². The van der Waals surface area contributed by atoms with Crippen molar-refractivity contribution in [2.75, 3.05) is 5.32 Å². The Morgan fingerprint density at radius 2 is 1.88 bits per heavy atom. The molecule has 0 aliphatic heterocycles. The van der Waals surface area contributed by atoms with Crippen LogP contribution in [0.3, 0.4) is 0 Å². The van der Waals surface area contributed by atoms with E-state index >= 15 is 0 Å². The molecule has 124 valence electrons. The van der Waals surface area contributed by atoms with E-state index in [9.17, 15) is 13.2 Å². The maximum Gasteiger partial charge on any atom is 0.241 e. The van der Waals surface area contributed by atoms with E-state index < -0.39 is 15.9 Å². The average Bonchev–Trinajstić information content (AvgIpc) is 2.61. The topological polar surface area (TPSA) is 113 Å². The molecule has 0 heterocycles. The predicted molar refractivity (Wildman–Crippen MR) is 89.9 cm³/mol. The van der Waals surface area contributed by atoms with Crippen LogP contribution in [0.1, 0.15) is 18.9 Å². The molecule has 0 saturated heterocycles. The lowest BCUT2D eigenvalue weighted by atomic mass is 10.2. The van der Waals surface area contributed by atoms with Crippen molar-refractivity contribution in [1.82, 2.24) is 0 Å². The summed E-state index contributed by atoms with van der Waals surface area (Å²) in [4.78, 5) is 12.0. The molecule has 3 N–H and O–H groups in total. The maximum absolute atomic E-state index is 12.6. The summed E-state index contributed by atoms with van der Waals surface area (Å²) in [5, 5.41) is 11.4. The normalized spacial score (nSPS) is 12.2. The van der Waals surface area contributed by atoms with E-state index in [-0.39, 0.29) is 15.7 Å². The number of carbonyl (C=O) groups excluding carboxylic acids is 1. The number of carbonyl (C=O) groups is 1. The number of rotatable bonds is 5. The largest absolute Gasteiger partial charge is 0.325 e. The van der Waals surface area contributed by atoms with Crippen LogP contribution in [0.25, 0.3) is 0 Å². The van der Waals surface area contributed by atoms with Gasteiger partial charge < -0.3 is 11.1 Å². The van der Waals surface area contributed by atoms with Crippen LogP contribution < -0.4 is 11.1 Å².